The summed E-state index contributed by atoms with van der Waals surface area (Å²) in [6, 6.07) is 11.3. The van der Waals surface area contributed by atoms with E-state index in [1.165, 1.54) is 5.56 Å². The summed E-state index contributed by atoms with van der Waals surface area (Å²) in [5, 5.41) is 5.56. The molecular formula is C18H21BrN2O2. The molecule has 0 heterocycles. The summed E-state index contributed by atoms with van der Waals surface area (Å²) in [7, 11) is 0. The van der Waals surface area contributed by atoms with Crippen LogP contribution in [0.2, 0.25) is 0 Å². The lowest BCUT2D eigenvalue weighted by atomic mass is 10.1. The number of carbonyl (C=O) groups excluding carboxylic acids is 1. The largest absolute Gasteiger partial charge is 0.491 e. The number of hydrogen-bond acceptors (Lipinski definition) is 2. The van der Waals surface area contributed by atoms with Crippen LogP contribution in [-0.4, -0.2) is 19.2 Å². The van der Waals surface area contributed by atoms with Crippen LogP contribution in [0.15, 0.2) is 40.9 Å². The summed E-state index contributed by atoms with van der Waals surface area (Å²) in [6.07, 6.45) is 0. The maximum Gasteiger partial charge on any atom is 0.319 e. The van der Waals surface area contributed by atoms with Crippen molar-refractivity contribution >= 4 is 27.6 Å². The lowest BCUT2D eigenvalue weighted by molar-refractivity contribution is 0.247. The molecule has 0 spiro atoms. The van der Waals surface area contributed by atoms with E-state index in [-0.39, 0.29) is 6.03 Å². The molecule has 0 fully saturated rings. The second-order valence-corrected chi connectivity index (χ2v) is 6.31. The molecule has 0 radical (unpaired) electrons. The van der Waals surface area contributed by atoms with Crippen molar-refractivity contribution < 1.29 is 9.53 Å². The number of amides is 2. The third kappa shape index (κ3) is 4.99. The van der Waals surface area contributed by atoms with Crippen molar-refractivity contribution in [2.45, 2.75) is 20.8 Å². The first-order valence-electron chi connectivity index (χ1n) is 7.47. The maximum atomic E-state index is 11.8. The highest BCUT2D eigenvalue weighted by molar-refractivity contribution is 9.10. The SMILES string of the molecule is Cc1ccc(C)c(OCCNC(=O)Nc2ccc(Br)cc2)c1C. The van der Waals surface area contributed by atoms with Crippen LogP contribution in [0, 0.1) is 20.8 Å². The number of aryl methyl sites for hydroxylation is 2. The van der Waals surface area contributed by atoms with E-state index in [1.54, 1.807) is 0 Å². The van der Waals surface area contributed by atoms with E-state index in [0.29, 0.717) is 13.2 Å². The van der Waals surface area contributed by atoms with Crippen molar-refractivity contribution in [1.29, 1.82) is 0 Å². The molecule has 0 aliphatic carbocycles. The monoisotopic (exact) mass is 376 g/mol. The van der Waals surface area contributed by atoms with Crippen LogP contribution >= 0.6 is 15.9 Å². The third-order valence-electron chi connectivity index (χ3n) is 3.61. The molecule has 0 saturated heterocycles. The van der Waals surface area contributed by atoms with Gasteiger partial charge in [-0.1, -0.05) is 28.1 Å². The van der Waals surface area contributed by atoms with Gasteiger partial charge < -0.3 is 15.4 Å². The minimum Gasteiger partial charge on any atom is -0.491 e. The number of hydrogen-bond donors (Lipinski definition) is 2. The fourth-order valence-electron chi connectivity index (χ4n) is 2.17. The predicted molar refractivity (Wildman–Crippen MR) is 97.3 cm³/mol. The Morgan fingerprint density at radius 1 is 1.04 bits per heavy atom. The summed E-state index contributed by atoms with van der Waals surface area (Å²) in [6.45, 7) is 7.00. The van der Waals surface area contributed by atoms with E-state index in [4.69, 9.17) is 4.74 Å². The minimum atomic E-state index is -0.242. The van der Waals surface area contributed by atoms with Crippen LogP contribution < -0.4 is 15.4 Å². The summed E-state index contributed by atoms with van der Waals surface area (Å²) in [5.74, 6) is 0.903. The Morgan fingerprint density at radius 3 is 2.39 bits per heavy atom. The lowest BCUT2D eigenvalue weighted by Crippen LogP contribution is -2.32. The van der Waals surface area contributed by atoms with E-state index in [1.807, 2.05) is 44.2 Å². The van der Waals surface area contributed by atoms with Gasteiger partial charge in [-0.05, 0) is 61.7 Å². The second kappa shape index (κ2) is 8.02. The molecule has 0 bridgehead atoms. The predicted octanol–water partition coefficient (Wildman–Crippen LogP) is 4.57. The number of carbonyl (C=O) groups is 1. The van der Waals surface area contributed by atoms with Gasteiger partial charge in [-0.15, -0.1) is 0 Å². The van der Waals surface area contributed by atoms with Gasteiger partial charge in [-0.2, -0.15) is 0 Å². The number of urea groups is 1. The van der Waals surface area contributed by atoms with Crippen LogP contribution in [0.3, 0.4) is 0 Å². The van der Waals surface area contributed by atoms with Crippen LogP contribution in [0.5, 0.6) is 5.75 Å². The van der Waals surface area contributed by atoms with Crippen molar-refractivity contribution in [1.82, 2.24) is 5.32 Å². The van der Waals surface area contributed by atoms with Crippen LogP contribution in [0.4, 0.5) is 10.5 Å². The van der Waals surface area contributed by atoms with Crippen molar-refractivity contribution in [3.63, 3.8) is 0 Å². The van der Waals surface area contributed by atoms with E-state index in [2.05, 4.69) is 39.6 Å². The van der Waals surface area contributed by atoms with Crippen molar-refractivity contribution in [3.05, 3.63) is 57.6 Å². The molecule has 122 valence electrons. The molecule has 4 nitrogen and oxygen atoms in total. The molecule has 0 aromatic heterocycles. The quantitative estimate of drug-likeness (QED) is 0.750. The highest BCUT2D eigenvalue weighted by atomic mass is 79.9. The molecule has 0 saturated carbocycles. The average Bonchev–Trinajstić information content (AvgIpc) is 2.52. The van der Waals surface area contributed by atoms with Gasteiger partial charge in [0.2, 0.25) is 0 Å². The van der Waals surface area contributed by atoms with E-state index < -0.39 is 0 Å². The first kappa shape index (κ1) is 17.3. The summed E-state index contributed by atoms with van der Waals surface area (Å²) in [4.78, 5) is 11.8. The topological polar surface area (TPSA) is 50.4 Å². The van der Waals surface area contributed by atoms with Crippen molar-refractivity contribution in [2.24, 2.45) is 0 Å². The Labute approximate surface area is 145 Å². The Hall–Kier alpha value is -2.01. The van der Waals surface area contributed by atoms with Gasteiger partial charge in [0.15, 0.2) is 0 Å². The number of halogens is 1. The summed E-state index contributed by atoms with van der Waals surface area (Å²) < 4.78 is 6.79. The Bertz CT molecular complexity index is 684. The van der Waals surface area contributed by atoms with Crippen LogP contribution in [-0.2, 0) is 0 Å². The molecule has 2 N–H and O–H groups in total. The third-order valence-corrected chi connectivity index (χ3v) is 4.14. The summed E-state index contributed by atoms with van der Waals surface area (Å²) >= 11 is 3.36. The molecule has 2 amide bonds. The van der Waals surface area contributed by atoms with Gasteiger partial charge in [0, 0.05) is 10.2 Å². The van der Waals surface area contributed by atoms with E-state index in [0.717, 1.165) is 27.0 Å². The second-order valence-electron chi connectivity index (χ2n) is 5.39. The molecule has 0 aliphatic heterocycles. The van der Waals surface area contributed by atoms with Gasteiger partial charge in [-0.25, -0.2) is 4.79 Å². The standard InChI is InChI=1S/C18H21BrN2O2/c1-12-4-5-13(2)17(14(12)3)23-11-10-20-18(22)21-16-8-6-15(19)7-9-16/h4-9H,10-11H2,1-3H3,(H2,20,21,22). The number of benzene rings is 2. The van der Waals surface area contributed by atoms with Gasteiger partial charge in [-0.3, -0.25) is 0 Å². The molecule has 0 aliphatic rings. The lowest BCUT2D eigenvalue weighted by Gasteiger charge is -2.14. The molecule has 2 rings (SSSR count). The number of nitrogens with one attached hydrogen (secondary N) is 2. The van der Waals surface area contributed by atoms with Gasteiger partial charge in [0.1, 0.15) is 12.4 Å². The molecular weight excluding hydrogens is 356 g/mol. The fourth-order valence-corrected chi connectivity index (χ4v) is 2.44. The number of anilines is 1. The number of ether oxygens (including phenoxy) is 1. The first-order valence-corrected chi connectivity index (χ1v) is 8.26. The highest BCUT2D eigenvalue weighted by Crippen LogP contribution is 2.25. The first-order chi connectivity index (χ1) is 11.0. The molecule has 2 aromatic rings. The molecule has 2 aromatic carbocycles. The molecule has 0 unspecified atom stereocenters. The zero-order valence-corrected chi connectivity index (χ0v) is 15.2. The molecule has 5 heteroatoms. The number of rotatable bonds is 5. The zero-order valence-electron chi connectivity index (χ0n) is 13.6. The maximum absolute atomic E-state index is 11.8. The van der Waals surface area contributed by atoms with E-state index >= 15 is 0 Å². The van der Waals surface area contributed by atoms with Crippen LogP contribution in [0.25, 0.3) is 0 Å². The van der Waals surface area contributed by atoms with Gasteiger partial charge in [0.05, 0.1) is 6.54 Å². The van der Waals surface area contributed by atoms with Gasteiger partial charge >= 0.3 is 6.03 Å². The Kier molecular flexibility index (Phi) is 6.04. The van der Waals surface area contributed by atoms with E-state index in [9.17, 15) is 4.79 Å². The Balaban J connectivity index is 1.78. The van der Waals surface area contributed by atoms with Crippen molar-refractivity contribution in [2.75, 3.05) is 18.5 Å². The highest BCUT2D eigenvalue weighted by Gasteiger charge is 2.06. The summed E-state index contributed by atoms with van der Waals surface area (Å²) in [5.41, 5.74) is 4.19. The van der Waals surface area contributed by atoms with Gasteiger partial charge in [0.25, 0.3) is 0 Å². The molecule has 0 atom stereocenters. The smallest absolute Gasteiger partial charge is 0.319 e. The molecule has 23 heavy (non-hydrogen) atoms. The zero-order chi connectivity index (χ0) is 16.8. The Morgan fingerprint density at radius 2 is 1.70 bits per heavy atom. The normalized spacial score (nSPS) is 10.3. The minimum absolute atomic E-state index is 0.242. The van der Waals surface area contributed by atoms with Crippen molar-refractivity contribution in [3.8, 4) is 5.75 Å². The average molecular weight is 377 g/mol. The van der Waals surface area contributed by atoms with Crippen LogP contribution in [0.1, 0.15) is 16.7 Å². The fraction of sp³-hybridized carbons (Fsp3) is 0.278.